The molecule has 140 valence electrons. The van der Waals surface area contributed by atoms with Crippen LogP contribution in [-0.2, 0) is 0 Å². The van der Waals surface area contributed by atoms with Crippen molar-refractivity contribution in [3.8, 4) is 17.0 Å². The van der Waals surface area contributed by atoms with E-state index in [1.807, 2.05) is 29.6 Å². The fourth-order valence-corrected chi connectivity index (χ4v) is 3.51. The standard InChI is InChI=1S/C18H13N5O4S/c1-27-15-5-3-2-4-13(15)14-10-28-18-20-17(21-22(14)18)19-16(24)11-6-8-12(9-7-11)23(25)26/h2-10H,1H3,(H,19,21,24). The van der Waals surface area contributed by atoms with Gasteiger partial charge in [0.15, 0.2) is 0 Å². The number of para-hydroxylation sites is 1. The number of aromatic nitrogens is 3. The molecule has 2 aromatic heterocycles. The van der Waals surface area contributed by atoms with E-state index in [0.29, 0.717) is 10.7 Å². The molecule has 0 atom stereocenters. The zero-order valence-electron chi connectivity index (χ0n) is 14.5. The largest absolute Gasteiger partial charge is 0.496 e. The summed E-state index contributed by atoms with van der Waals surface area (Å²) < 4.78 is 7.03. The number of hydrogen-bond donors (Lipinski definition) is 1. The number of nitro groups is 1. The lowest BCUT2D eigenvalue weighted by atomic mass is 10.1. The number of thiazole rings is 1. The number of non-ortho nitro benzene ring substituents is 1. The number of anilines is 1. The van der Waals surface area contributed by atoms with Crippen molar-refractivity contribution >= 4 is 33.8 Å². The lowest BCUT2D eigenvalue weighted by molar-refractivity contribution is -0.384. The minimum atomic E-state index is -0.522. The van der Waals surface area contributed by atoms with Gasteiger partial charge in [0, 0.05) is 28.6 Å². The zero-order chi connectivity index (χ0) is 19.7. The van der Waals surface area contributed by atoms with Crippen molar-refractivity contribution in [2.75, 3.05) is 12.4 Å². The predicted molar refractivity (Wildman–Crippen MR) is 104 cm³/mol. The van der Waals surface area contributed by atoms with Crippen molar-refractivity contribution in [2.24, 2.45) is 0 Å². The SMILES string of the molecule is COc1ccccc1-c1csc2nc(NC(=O)c3ccc([N+](=O)[O-])cc3)nn12. The van der Waals surface area contributed by atoms with Crippen LogP contribution in [0.4, 0.5) is 11.6 Å². The first-order chi connectivity index (χ1) is 13.6. The second-order valence-corrected chi connectivity index (χ2v) is 6.55. The van der Waals surface area contributed by atoms with Crippen LogP contribution in [-0.4, -0.2) is 32.5 Å². The topological polar surface area (TPSA) is 112 Å². The third kappa shape index (κ3) is 3.16. The van der Waals surface area contributed by atoms with Crippen LogP contribution in [0.1, 0.15) is 10.4 Å². The normalized spacial score (nSPS) is 10.8. The molecule has 0 bridgehead atoms. The molecule has 0 saturated heterocycles. The first kappa shape index (κ1) is 17.6. The second-order valence-electron chi connectivity index (χ2n) is 5.71. The van der Waals surface area contributed by atoms with E-state index in [9.17, 15) is 14.9 Å². The smallest absolute Gasteiger partial charge is 0.269 e. The fourth-order valence-electron chi connectivity index (χ4n) is 2.68. The summed E-state index contributed by atoms with van der Waals surface area (Å²) in [6, 6.07) is 12.9. The van der Waals surface area contributed by atoms with E-state index < -0.39 is 10.8 Å². The Morgan fingerprint density at radius 3 is 2.68 bits per heavy atom. The van der Waals surface area contributed by atoms with Gasteiger partial charge in [0.25, 0.3) is 17.5 Å². The quantitative estimate of drug-likeness (QED) is 0.408. The summed E-state index contributed by atoms with van der Waals surface area (Å²) in [6.45, 7) is 0. The van der Waals surface area contributed by atoms with Gasteiger partial charge in [-0.05, 0) is 24.3 Å². The maximum absolute atomic E-state index is 12.4. The lowest BCUT2D eigenvalue weighted by Gasteiger charge is -2.06. The molecule has 4 rings (SSSR count). The summed E-state index contributed by atoms with van der Waals surface area (Å²) in [5, 5.41) is 19.6. The van der Waals surface area contributed by atoms with E-state index in [2.05, 4.69) is 15.4 Å². The third-order valence-electron chi connectivity index (χ3n) is 4.03. The highest BCUT2D eigenvalue weighted by Gasteiger charge is 2.16. The predicted octanol–water partition coefficient (Wildman–Crippen LogP) is 3.63. The molecule has 2 heterocycles. The molecule has 0 saturated carbocycles. The number of rotatable bonds is 5. The Morgan fingerprint density at radius 1 is 1.21 bits per heavy atom. The van der Waals surface area contributed by atoms with Crippen LogP contribution >= 0.6 is 11.3 Å². The Hall–Kier alpha value is -3.79. The number of nitrogens with one attached hydrogen (secondary N) is 1. The van der Waals surface area contributed by atoms with Gasteiger partial charge in [-0.25, -0.2) is 4.52 Å². The molecule has 0 radical (unpaired) electrons. The molecule has 0 spiro atoms. The minimum absolute atomic E-state index is 0.0846. The number of amides is 1. The number of nitro benzene ring substituents is 1. The molecule has 0 fully saturated rings. The molecule has 0 aliphatic heterocycles. The van der Waals surface area contributed by atoms with E-state index in [-0.39, 0.29) is 17.2 Å². The highest BCUT2D eigenvalue weighted by atomic mass is 32.1. The van der Waals surface area contributed by atoms with Gasteiger partial charge >= 0.3 is 0 Å². The molecule has 2 aromatic carbocycles. The Bertz CT molecular complexity index is 1180. The van der Waals surface area contributed by atoms with Gasteiger partial charge < -0.3 is 4.74 Å². The number of ether oxygens (including phenoxy) is 1. The molecule has 1 N–H and O–H groups in total. The number of methoxy groups -OCH3 is 1. The van der Waals surface area contributed by atoms with Crippen LogP contribution < -0.4 is 10.1 Å². The highest BCUT2D eigenvalue weighted by molar-refractivity contribution is 7.15. The first-order valence-electron chi connectivity index (χ1n) is 8.10. The van der Waals surface area contributed by atoms with Gasteiger partial charge in [-0.15, -0.1) is 16.4 Å². The van der Waals surface area contributed by atoms with E-state index in [1.54, 1.807) is 11.6 Å². The number of carbonyl (C=O) groups excluding carboxylic acids is 1. The highest BCUT2D eigenvalue weighted by Crippen LogP contribution is 2.32. The van der Waals surface area contributed by atoms with Crippen molar-refractivity contribution in [2.45, 2.75) is 0 Å². The number of fused-ring (bicyclic) bond motifs is 1. The molecule has 28 heavy (non-hydrogen) atoms. The van der Waals surface area contributed by atoms with Crippen molar-refractivity contribution in [1.82, 2.24) is 14.6 Å². The molecule has 9 nitrogen and oxygen atoms in total. The Morgan fingerprint density at radius 2 is 1.96 bits per heavy atom. The van der Waals surface area contributed by atoms with Gasteiger partial charge in [0.2, 0.25) is 4.96 Å². The monoisotopic (exact) mass is 395 g/mol. The Balaban J connectivity index is 1.61. The van der Waals surface area contributed by atoms with Crippen LogP contribution in [0.3, 0.4) is 0 Å². The summed E-state index contributed by atoms with van der Waals surface area (Å²) in [6.07, 6.45) is 0. The van der Waals surface area contributed by atoms with Crippen molar-refractivity contribution in [3.05, 3.63) is 69.6 Å². The van der Waals surface area contributed by atoms with Gasteiger partial charge in [-0.3, -0.25) is 20.2 Å². The van der Waals surface area contributed by atoms with Crippen LogP contribution in [0.5, 0.6) is 5.75 Å². The molecule has 0 aliphatic carbocycles. The maximum atomic E-state index is 12.4. The maximum Gasteiger partial charge on any atom is 0.269 e. The third-order valence-corrected chi connectivity index (χ3v) is 4.85. The summed E-state index contributed by atoms with van der Waals surface area (Å²) in [5.41, 5.74) is 1.84. The molecule has 10 heteroatoms. The first-order valence-corrected chi connectivity index (χ1v) is 8.98. The van der Waals surface area contributed by atoms with E-state index in [0.717, 1.165) is 11.3 Å². The zero-order valence-corrected chi connectivity index (χ0v) is 15.3. The van der Waals surface area contributed by atoms with Gasteiger partial charge in [-0.2, -0.15) is 4.98 Å². The molecule has 1 amide bonds. The fraction of sp³-hybridized carbons (Fsp3) is 0.0556. The average molecular weight is 395 g/mol. The van der Waals surface area contributed by atoms with Crippen LogP contribution in [0, 0.1) is 10.1 Å². The second kappa shape index (κ2) is 7.08. The molecule has 4 aromatic rings. The molecular weight excluding hydrogens is 382 g/mol. The minimum Gasteiger partial charge on any atom is -0.496 e. The van der Waals surface area contributed by atoms with Crippen LogP contribution in [0.2, 0.25) is 0 Å². The van der Waals surface area contributed by atoms with Gasteiger partial charge in [0.05, 0.1) is 17.7 Å². The average Bonchev–Trinajstić information content (AvgIpc) is 3.28. The number of hydrogen-bond acceptors (Lipinski definition) is 7. The molecular formula is C18H13N5O4S. The van der Waals surface area contributed by atoms with Gasteiger partial charge in [-0.1, -0.05) is 12.1 Å². The summed E-state index contributed by atoms with van der Waals surface area (Å²) in [7, 11) is 1.60. The summed E-state index contributed by atoms with van der Waals surface area (Å²) in [4.78, 5) is 27.5. The van der Waals surface area contributed by atoms with Gasteiger partial charge in [0.1, 0.15) is 5.75 Å². The Labute approximate surface area is 162 Å². The van der Waals surface area contributed by atoms with Crippen LogP contribution in [0.15, 0.2) is 53.9 Å². The van der Waals surface area contributed by atoms with Crippen molar-refractivity contribution in [1.29, 1.82) is 0 Å². The summed E-state index contributed by atoms with van der Waals surface area (Å²) in [5.74, 6) is 0.396. The Kier molecular flexibility index (Phi) is 4.45. The van der Waals surface area contributed by atoms with E-state index in [1.165, 1.54) is 35.6 Å². The number of carbonyl (C=O) groups is 1. The van der Waals surface area contributed by atoms with Crippen molar-refractivity contribution < 1.29 is 14.5 Å². The van der Waals surface area contributed by atoms with E-state index >= 15 is 0 Å². The summed E-state index contributed by atoms with van der Waals surface area (Å²) >= 11 is 1.38. The number of benzene rings is 2. The number of nitrogens with zero attached hydrogens (tertiary/aromatic N) is 4. The molecule has 0 aliphatic rings. The van der Waals surface area contributed by atoms with Crippen LogP contribution in [0.25, 0.3) is 16.2 Å². The molecule has 0 unspecified atom stereocenters. The van der Waals surface area contributed by atoms with Crippen molar-refractivity contribution in [3.63, 3.8) is 0 Å². The van der Waals surface area contributed by atoms with E-state index in [4.69, 9.17) is 4.74 Å². The lowest BCUT2D eigenvalue weighted by Crippen LogP contribution is -2.13.